The maximum absolute atomic E-state index is 10.3. The number of para-hydroxylation sites is 1. The molecule has 76 valence electrons. The maximum atomic E-state index is 10.3. The predicted octanol–water partition coefficient (Wildman–Crippen LogP) is 1.34. The number of aromatic nitrogens is 1. The van der Waals surface area contributed by atoms with Crippen LogP contribution in [-0.2, 0) is 11.2 Å². The molecule has 1 heterocycles. The smallest absolute Gasteiger partial charge is 0.148 e. The average molecular weight is 201 g/mol. The lowest BCUT2D eigenvalue weighted by atomic mass is 10.1. The number of nitrogens with zero attached hydrogens (tertiary/aromatic N) is 1. The van der Waals surface area contributed by atoms with Crippen molar-refractivity contribution in [1.29, 1.82) is 0 Å². The van der Waals surface area contributed by atoms with Gasteiger partial charge in [0.05, 0.1) is 5.52 Å². The second kappa shape index (κ2) is 4.19. The largest absolute Gasteiger partial charge is 0.385 e. The molecule has 1 N–H and O–H groups in total. The van der Waals surface area contributed by atoms with E-state index in [-0.39, 0.29) is 6.42 Å². The lowest BCUT2D eigenvalue weighted by Gasteiger charge is -2.03. The van der Waals surface area contributed by atoms with Crippen molar-refractivity contribution in [3.05, 3.63) is 42.1 Å². The number of benzene rings is 1. The van der Waals surface area contributed by atoms with Crippen molar-refractivity contribution in [2.45, 2.75) is 12.5 Å². The molecule has 0 aliphatic rings. The fourth-order valence-corrected chi connectivity index (χ4v) is 1.48. The lowest BCUT2D eigenvalue weighted by Crippen LogP contribution is -2.12. The first-order chi connectivity index (χ1) is 7.29. The van der Waals surface area contributed by atoms with E-state index in [1.807, 2.05) is 36.4 Å². The third-order valence-corrected chi connectivity index (χ3v) is 2.23. The number of hydrogen-bond acceptors (Lipinski definition) is 3. The Bertz CT molecular complexity index is 482. The SMILES string of the molecule is O=CC(O)Cc1ccc2ccccc2n1. The second-order valence-electron chi connectivity index (χ2n) is 3.40. The van der Waals surface area contributed by atoms with Gasteiger partial charge in [-0.25, -0.2) is 0 Å². The molecule has 0 spiro atoms. The van der Waals surface area contributed by atoms with E-state index >= 15 is 0 Å². The average Bonchev–Trinajstić information content (AvgIpc) is 2.29. The van der Waals surface area contributed by atoms with Crippen molar-refractivity contribution in [2.75, 3.05) is 0 Å². The highest BCUT2D eigenvalue weighted by atomic mass is 16.3. The molecule has 0 saturated carbocycles. The summed E-state index contributed by atoms with van der Waals surface area (Å²) in [5, 5.41) is 10.2. The van der Waals surface area contributed by atoms with Gasteiger partial charge < -0.3 is 9.90 Å². The third kappa shape index (κ3) is 2.19. The summed E-state index contributed by atoms with van der Waals surface area (Å²) in [6, 6.07) is 11.5. The molecule has 0 aliphatic carbocycles. The zero-order chi connectivity index (χ0) is 10.7. The first-order valence-electron chi connectivity index (χ1n) is 4.77. The van der Waals surface area contributed by atoms with Gasteiger partial charge in [-0.3, -0.25) is 4.98 Å². The highest BCUT2D eigenvalue weighted by Crippen LogP contribution is 2.12. The first kappa shape index (κ1) is 9.80. The van der Waals surface area contributed by atoms with E-state index in [9.17, 15) is 9.90 Å². The van der Waals surface area contributed by atoms with Crippen molar-refractivity contribution in [2.24, 2.45) is 0 Å². The lowest BCUT2D eigenvalue weighted by molar-refractivity contribution is -0.114. The monoisotopic (exact) mass is 201 g/mol. The van der Waals surface area contributed by atoms with Crippen LogP contribution in [0.25, 0.3) is 10.9 Å². The fourth-order valence-electron chi connectivity index (χ4n) is 1.48. The van der Waals surface area contributed by atoms with Gasteiger partial charge in [-0.05, 0) is 12.1 Å². The minimum atomic E-state index is -0.960. The second-order valence-corrected chi connectivity index (χ2v) is 3.40. The van der Waals surface area contributed by atoms with Crippen LogP contribution in [0.2, 0.25) is 0 Å². The van der Waals surface area contributed by atoms with Crippen molar-refractivity contribution in [1.82, 2.24) is 4.98 Å². The number of rotatable bonds is 3. The molecule has 3 nitrogen and oxygen atoms in total. The van der Waals surface area contributed by atoms with E-state index < -0.39 is 6.10 Å². The molecule has 0 fully saturated rings. The van der Waals surface area contributed by atoms with E-state index in [0.29, 0.717) is 6.29 Å². The Balaban J connectivity index is 2.34. The van der Waals surface area contributed by atoms with Crippen LogP contribution < -0.4 is 0 Å². The van der Waals surface area contributed by atoms with Crippen LogP contribution in [0.4, 0.5) is 0 Å². The number of aliphatic hydroxyl groups is 1. The van der Waals surface area contributed by atoms with Gasteiger partial charge in [0, 0.05) is 17.5 Å². The Morgan fingerprint density at radius 2 is 2.07 bits per heavy atom. The fraction of sp³-hybridized carbons (Fsp3) is 0.167. The van der Waals surface area contributed by atoms with E-state index in [2.05, 4.69) is 4.98 Å². The number of aliphatic hydroxyl groups excluding tert-OH is 1. The summed E-state index contributed by atoms with van der Waals surface area (Å²) in [6.45, 7) is 0. The molecular formula is C12H11NO2. The molecule has 0 saturated heterocycles. The van der Waals surface area contributed by atoms with Crippen LogP contribution in [0.5, 0.6) is 0 Å². The van der Waals surface area contributed by atoms with Crippen molar-refractivity contribution in [3.63, 3.8) is 0 Å². The minimum absolute atomic E-state index is 0.272. The standard InChI is InChI=1S/C12H11NO2/c14-8-11(15)7-10-6-5-9-3-1-2-4-12(9)13-10/h1-6,8,11,15H,7H2. The Morgan fingerprint density at radius 1 is 1.27 bits per heavy atom. The normalized spacial score (nSPS) is 12.6. The molecule has 2 aromatic rings. The van der Waals surface area contributed by atoms with Gasteiger partial charge in [-0.15, -0.1) is 0 Å². The van der Waals surface area contributed by atoms with Gasteiger partial charge in [-0.2, -0.15) is 0 Å². The maximum Gasteiger partial charge on any atom is 0.148 e. The molecule has 1 aromatic carbocycles. The summed E-state index contributed by atoms with van der Waals surface area (Å²) in [7, 11) is 0. The zero-order valence-corrected chi connectivity index (χ0v) is 8.13. The van der Waals surface area contributed by atoms with Crippen molar-refractivity contribution in [3.8, 4) is 0 Å². The Morgan fingerprint density at radius 3 is 2.87 bits per heavy atom. The zero-order valence-electron chi connectivity index (χ0n) is 8.13. The van der Waals surface area contributed by atoms with E-state index in [1.54, 1.807) is 0 Å². The molecule has 15 heavy (non-hydrogen) atoms. The van der Waals surface area contributed by atoms with Gasteiger partial charge >= 0.3 is 0 Å². The highest BCUT2D eigenvalue weighted by Gasteiger charge is 2.04. The van der Waals surface area contributed by atoms with Gasteiger partial charge in [0.15, 0.2) is 0 Å². The van der Waals surface area contributed by atoms with Gasteiger partial charge in [0.1, 0.15) is 12.4 Å². The Kier molecular flexibility index (Phi) is 2.74. The van der Waals surface area contributed by atoms with Gasteiger partial charge in [0.2, 0.25) is 0 Å². The summed E-state index contributed by atoms with van der Waals surface area (Å²) >= 11 is 0. The van der Waals surface area contributed by atoms with Crippen LogP contribution in [0.15, 0.2) is 36.4 Å². The predicted molar refractivity (Wildman–Crippen MR) is 57.5 cm³/mol. The molecular weight excluding hydrogens is 190 g/mol. The number of hydrogen-bond donors (Lipinski definition) is 1. The van der Waals surface area contributed by atoms with Crippen LogP contribution in [-0.4, -0.2) is 22.5 Å². The van der Waals surface area contributed by atoms with Gasteiger partial charge in [-0.1, -0.05) is 24.3 Å². The third-order valence-electron chi connectivity index (χ3n) is 2.23. The number of carbonyl (C=O) groups is 1. The number of carbonyl (C=O) groups excluding carboxylic acids is 1. The summed E-state index contributed by atoms with van der Waals surface area (Å²) in [6.07, 6.45) is -0.163. The molecule has 1 aromatic heterocycles. The summed E-state index contributed by atoms with van der Waals surface area (Å²) in [4.78, 5) is 14.6. The summed E-state index contributed by atoms with van der Waals surface area (Å²) < 4.78 is 0. The Labute approximate surface area is 87.4 Å². The van der Waals surface area contributed by atoms with Crippen LogP contribution in [0.3, 0.4) is 0 Å². The number of fused-ring (bicyclic) bond motifs is 1. The topological polar surface area (TPSA) is 50.2 Å². The van der Waals surface area contributed by atoms with Crippen LogP contribution in [0, 0.1) is 0 Å². The van der Waals surface area contributed by atoms with Crippen molar-refractivity contribution >= 4 is 17.2 Å². The van der Waals surface area contributed by atoms with Crippen molar-refractivity contribution < 1.29 is 9.90 Å². The minimum Gasteiger partial charge on any atom is -0.385 e. The van der Waals surface area contributed by atoms with E-state index in [1.165, 1.54) is 0 Å². The summed E-state index contributed by atoms with van der Waals surface area (Å²) in [5.74, 6) is 0. The number of aldehydes is 1. The molecule has 0 bridgehead atoms. The van der Waals surface area contributed by atoms with E-state index in [0.717, 1.165) is 16.6 Å². The number of pyridine rings is 1. The first-order valence-corrected chi connectivity index (χ1v) is 4.77. The molecule has 2 rings (SSSR count). The molecule has 0 amide bonds. The molecule has 0 aliphatic heterocycles. The molecule has 1 atom stereocenters. The van der Waals surface area contributed by atoms with Crippen LogP contribution >= 0.6 is 0 Å². The molecule has 3 heteroatoms. The Hall–Kier alpha value is -1.74. The summed E-state index contributed by atoms with van der Waals surface area (Å²) in [5.41, 5.74) is 1.61. The molecule has 0 radical (unpaired) electrons. The molecule has 1 unspecified atom stereocenters. The van der Waals surface area contributed by atoms with Crippen LogP contribution in [0.1, 0.15) is 5.69 Å². The highest BCUT2D eigenvalue weighted by molar-refractivity contribution is 5.78. The van der Waals surface area contributed by atoms with Gasteiger partial charge in [0.25, 0.3) is 0 Å². The van der Waals surface area contributed by atoms with E-state index in [4.69, 9.17) is 0 Å². The quantitative estimate of drug-likeness (QED) is 0.762.